The number of hydrogen-bond acceptors (Lipinski definition) is 6. The SMILES string of the molecule is NC/C(=C\F)COc1cnc(N2CCC[C@H](C(=O)NC3CC3)C2)nc1. The predicted molar refractivity (Wildman–Crippen MR) is 91.9 cm³/mol. The van der Waals surface area contributed by atoms with Gasteiger partial charge in [-0.2, -0.15) is 0 Å². The van der Waals surface area contributed by atoms with Crippen LogP contribution in [0.25, 0.3) is 0 Å². The molecule has 136 valence electrons. The molecule has 1 aromatic heterocycles. The van der Waals surface area contributed by atoms with E-state index < -0.39 is 0 Å². The van der Waals surface area contributed by atoms with Gasteiger partial charge in [-0.1, -0.05) is 0 Å². The molecule has 0 spiro atoms. The molecule has 2 aliphatic rings. The maximum Gasteiger partial charge on any atom is 0.225 e. The second kappa shape index (κ2) is 8.24. The van der Waals surface area contributed by atoms with Crippen LogP contribution in [0, 0.1) is 5.92 Å². The van der Waals surface area contributed by atoms with Crippen molar-refractivity contribution >= 4 is 11.9 Å². The number of piperidine rings is 1. The van der Waals surface area contributed by atoms with Crippen LogP contribution in [0.5, 0.6) is 5.75 Å². The van der Waals surface area contributed by atoms with Gasteiger partial charge in [0.15, 0.2) is 5.75 Å². The van der Waals surface area contributed by atoms with Gasteiger partial charge in [0.2, 0.25) is 11.9 Å². The number of anilines is 1. The minimum absolute atomic E-state index is 0.0179. The van der Waals surface area contributed by atoms with Crippen molar-refractivity contribution in [2.24, 2.45) is 11.7 Å². The third kappa shape index (κ3) is 4.88. The Kier molecular flexibility index (Phi) is 5.80. The van der Waals surface area contributed by atoms with E-state index in [1.54, 1.807) is 12.4 Å². The maximum atomic E-state index is 12.5. The number of halogens is 1. The summed E-state index contributed by atoms with van der Waals surface area (Å²) in [6, 6.07) is 0.382. The first-order valence-corrected chi connectivity index (χ1v) is 8.68. The lowest BCUT2D eigenvalue weighted by Crippen LogP contribution is -2.44. The molecule has 1 aromatic rings. The van der Waals surface area contributed by atoms with Crippen molar-refractivity contribution in [2.75, 3.05) is 31.1 Å². The normalized spacial score (nSPS) is 21.1. The molecular formula is C17H24FN5O2. The lowest BCUT2D eigenvalue weighted by molar-refractivity contribution is -0.125. The van der Waals surface area contributed by atoms with Crippen molar-refractivity contribution in [1.29, 1.82) is 0 Å². The Morgan fingerprint density at radius 3 is 2.80 bits per heavy atom. The number of rotatable bonds is 7. The van der Waals surface area contributed by atoms with Crippen molar-refractivity contribution in [1.82, 2.24) is 15.3 Å². The molecule has 2 fully saturated rings. The molecule has 7 nitrogen and oxygen atoms in total. The highest BCUT2D eigenvalue weighted by molar-refractivity contribution is 5.80. The molecule has 1 amide bonds. The largest absolute Gasteiger partial charge is 0.486 e. The molecule has 1 aliphatic carbocycles. The smallest absolute Gasteiger partial charge is 0.225 e. The zero-order valence-electron chi connectivity index (χ0n) is 14.2. The predicted octanol–water partition coefficient (Wildman–Crippen LogP) is 1.16. The molecule has 0 bridgehead atoms. The van der Waals surface area contributed by atoms with Crippen LogP contribution in [0.2, 0.25) is 0 Å². The Morgan fingerprint density at radius 1 is 1.40 bits per heavy atom. The van der Waals surface area contributed by atoms with E-state index in [0.29, 0.717) is 36.2 Å². The topological polar surface area (TPSA) is 93.4 Å². The van der Waals surface area contributed by atoms with E-state index in [-0.39, 0.29) is 25.0 Å². The molecule has 8 heteroatoms. The summed E-state index contributed by atoms with van der Waals surface area (Å²) in [5.41, 5.74) is 5.75. The van der Waals surface area contributed by atoms with Crippen molar-refractivity contribution in [3.8, 4) is 5.75 Å². The van der Waals surface area contributed by atoms with Gasteiger partial charge in [-0.3, -0.25) is 4.79 Å². The Bertz CT molecular complexity index is 618. The van der Waals surface area contributed by atoms with Gasteiger partial charge < -0.3 is 20.7 Å². The Labute approximate surface area is 146 Å². The zero-order valence-corrected chi connectivity index (χ0v) is 14.2. The summed E-state index contributed by atoms with van der Waals surface area (Å²) >= 11 is 0. The highest BCUT2D eigenvalue weighted by atomic mass is 19.1. The lowest BCUT2D eigenvalue weighted by Gasteiger charge is -2.32. The number of amides is 1. The van der Waals surface area contributed by atoms with E-state index in [2.05, 4.69) is 15.3 Å². The molecule has 25 heavy (non-hydrogen) atoms. The molecule has 2 heterocycles. The number of carbonyl (C=O) groups excluding carboxylic acids is 1. The number of ether oxygens (including phenoxy) is 1. The van der Waals surface area contributed by atoms with E-state index in [4.69, 9.17) is 10.5 Å². The van der Waals surface area contributed by atoms with Crippen LogP contribution in [-0.2, 0) is 4.79 Å². The number of aromatic nitrogens is 2. The summed E-state index contributed by atoms with van der Waals surface area (Å²) < 4.78 is 17.9. The number of nitrogens with two attached hydrogens (primary N) is 1. The summed E-state index contributed by atoms with van der Waals surface area (Å²) in [4.78, 5) is 22.9. The minimum Gasteiger partial charge on any atom is -0.486 e. The average Bonchev–Trinajstić information content (AvgIpc) is 3.47. The van der Waals surface area contributed by atoms with Crippen LogP contribution in [0.15, 0.2) is 24.3 Å². The number of carbonyl (C=O) groups is 1. The van der Waals surface area contributed by atoms with E-state index in [9.17, 15) is 9.18 Å². The first-order chi connectivity index (χ1) is 12.2. The fourth-order valence-electron chi connectivity index (χ4n) is 2.78. The number of hydrogen-bond donors (Lipinski definition) is 2. The Morgan fingerprint density at radius 2 is 2.16 bits per heavy atom. The van der Waals surface area contributed by atoms with Crippen LogP contribution in [0.4, 0.5) is 10.3 Å². The van der Waals surface area contributed by atoms with Gasteiger partial charge in [0, 0.05) is 31.2 Å². The van der Waals surface area contributed by atoms with E-state index in [0.717, 1.165) is 32.2 Å². The molecule has 0 aromatic carbocycles. The summed E-state index contributed by atoms with van der Waals surface area (Å²) in [5.74, 6) is 1.16. The third-order valence-corrected chi connectivity index (χ3v) is 4.45. The zero-order chi connectivity index (χ0) is 17.6. The van der Waals surface area contributed by atoms with Crippen molar-refractivity contribution in [3.63, 3.8) is 0 Å². The second-order valence-electron chi connectivity index (χ2n) is 6.55. The molecule has 1 saturated carbocycles. The molecule has 1 saturated heterocycles. The Hall–Kier alpha value is -2.22. The van der Waals surface area contributed by atoms with Gasteiger partial charge in [-0.05, 0) is 25.7 Å². The summed E-state index contributed by atoms with van der Waals surface area (Å²) in [6.07, 6.45) is 7.59. The van der Waals surface area contributed by atoms with Gasteiger partial charge in [0.25, 0.3) is 0 Å². The molecule has 0 unspecified atom stereocenters. The standard InChI is InChI=1S/C17H24FN5O2/c18-6-12(7-19)11-25-15-8-20-17(21-9-15)23-5-1-2-13(10-23)16(24)22-14-3-4-14/h6,8-9,13-14H,1-5,7,10-11,19H2,(H,22,24)/b12-6+/t13-/m0/s1. The van der Waals surface area contributed by atoms with Gasteiger partial charge in [0.1, 0.15) is 6.61 Å². The van der Waals surface area contributed by atoms with Gasteiger partial charge in [-0.15, -0.1) is 0 Å². The van der Waals surface area contributed by atoms with E-state index in [1.807, 2.05) is 4.90 Å². The van der Waals surface area contributed by atoms with E-state index >= 15 is 0 Å². The van der Waals surface area contributed by atoms with Crippen LogP contribution in [0.1, 0.15) is 25.7 Å². The molecular weight excluding hydrogens is 325 g/mol. The quantitative estimate of drug-likeness (QED) is 0.767. The number of nitrogens with one attached hydrogen (secondary N) is 1. The molecule has 3 N–H and O–H groups in total. The molecule has 1 atom stereocenters. The minimum atomic E-state index is -0.0179. The van der Waals surface area contributed by atoms with Crippen molar-refractivity contribution < 1.29 is 13.9 Å². The first-order valence-electron chi connectivity index (χ1n) is 8.68. The number of nitrogens with zero attached hydrogens (tertiary/aromatic N) is 3. The van der Waals surface area contributed by atoms with E-state index in [1.165, 1.54) is 0 Å². The Balaban J connectivity index is 1.54. The first kappa shape index (κ1) is 17.6. The van der Waals surface area contributed by atoms with Crippen LogP contribution < -0.4 is 20.7 Å². The van der Waals surface area contributed by atoms with Crippen LogP contribution in [0.3, 0.4) is 0 Å². The maximum absolute atomic E-state index is 12.5. The van der Waals surface area contributed by atoms with Gasteiger partial charge in [-0.25, -0.2) is 14.4 Å². The third-order valence-electron chi connectivity index (χ3n) is 4.45. The molecule has 0 radical (unpaired) electrons. The summed E-state index contributed by atoms with van der Waals surface area (Å²) in [7, 11) is 0. The average molecular weight is 349 g/mol. The molecule has 3 rings (SSSR count). The fraction of sp³-hybridized carbons (Fsp3) is 0.588. The summed E-state index contributed by atoms with van der Waals surface area (Å²) in [6.45, 7) is 1.63. The monoisotopic (exact) mass is 349 g/mol. The van der Waals surface area contributed by atoms with Gasteiger partial charge in [0.05, 0.1) is 24.6 Å². The second-order valence-corrected chi connectivity index (χ2v) is 6.55. The highest BCUT2D eigenvalue weighted by Crippen LogP contribution is 2.24. The van der Waals surface area contributed by atoms with Crippen molar-refractivity contribution in [3.05, 3.63) is 24.3 Å². The van der Waals surface area contributed by atoms with Gasteiger partial charge >= 0.3 is 0 Å². The lowest BCUT2D eigenvalue weighted by atomic mass is 9.97. The summed E-state index contributed by atoms with van der Waals surface area (Å²) in [5, 5.41) is 3.07. The highest BCUT2D eigenvalue weighted by Gasteiger charge is 2.31. The molecule has 1 aliphatic heterocycles. The van der Waals surface area contributed by atoms with Crippen LogP contribution in [-0.4, -0.2) is 48.2 Å². The fourth-order valence-corrected chi connectivity index (χ4v) is 2.78. The van der Waals surface area contributed by atoms with Crippen molar-refractivity contribution in [2.45, 2.75) is 31.7 Å². The van der Waals surface area contributed by atoms with Crippen LogP contribution >= 0.6 is 0 Å².